The van der Waals surface area contributed by atoms with Gasteiger partial charge < -0.3 is 24.1 Å². The van der Waals surface area contributed by atoms with E-state index in [1.165, 1.54) is 0 Å². The Balaban J connectivity index is 1.65. The molecule has 1 aromatic rings. The van der Waals surface area contributed by atoms with Crippen molar-refractivity contribution in [1.29, 1.82) is 0 Å². The van der Waals surface area contributed by atoms with Crippen molar-refractivity contribution in [2.75, 3.05) is 13.7 Å². The van der Waals surface area contributed by atoms with Crippen LogP contribution in [-0.2, 0) is 20.8 Å². The van der Waals surface area contributed by atoms with Crippen LogP contribution in [0.15, 0.2) is 35.9 Å². The first-order chi connectivity index (χ1) is 10.5. The Kier molecular flexibility index (Phi) is 4.23. The minimum atomic E-state index is -0.647. The molecule has 0 aromatic heterocycles. The van der Waals surface area contributed by atoms with Gasteiger partial charge >= 0.3 is 0 Å². The number of hydrogen-bond donors (Lipinski definition) is 1. The molecule has 22 heavy (non-hydrogen) atoms. The van der Waals surface area contributed by atoms with E-state index in [1.807, 2.05) is 44.2 Å². The van der Waals surface area contributed by atoms with Crippen molar-refractivity contribution in [1.82, 2.24) is 0 Å². The number of rotatable bonds is 5. The molecule has 5 nitrogen and oxygen atoms in total. The maximum atomic E-state index is 9.47. The van der Waals surface area contributed by atoms with Crippen LogP contribution >= 0.6 is 0 Å². The van der Waals surface area contributed by atoms with Crippen LogP contribution in [0, 0.1) is 0 Å². The SMILES string of the molecule is COc1ccc(CO[C@H]2C=C(CO)[C@H]3OC(C)(C)O[C@@H]23)cc1. The molecular formula is C17H22O5. The molecule has 1 aliphatic heterocycles. The third-order valence-electron chi connectivity index (χ3n) is 3.98. The van der Waals surface area contributed by atoms with E-state index in [9.17, 15) is 5.11 Å². The molecule has 0 saturated carbocycles. The Morgan fingerprint density at radius 3 is 2.55 bits per heavy atom. The Morgan fingerprint density at radius 2 is 1.91 bits per heavy atom. The molecule has 0 spiro atoms. The van der Waals surface area contributed by atoms with Crippen molar-refractivity contribution in [3.63, 3.8) is 0 Å². The van der Waals surface area contributed by atoms with Crippen LogP contribution in [0.25, 0.3) is 0 Å². The highest BCUT2D eigenvalue weighted by Gasteiger charge is 2.50. The number of aliphatic hydroxyl groups is 1. The molecule has 3 rings (SSSR count). The van der Waals surface area contributed by atoms with E-state index in [0.717, 1.165) is 16.9 Å². The molecule has 0 amide bonds. The molecule has 1 aliphatic carbocycles. The van der Waals surface area contributed by atoms with Gasteiger partial charge in [-0.1, -0.05) is 12.1 Å². The van der Waals surface area contributed by atoms with Gasteiger partial charge in [-0.15, -0.1) is 0 Å². The van der Waals surface area contributed by atoms with Crippen LogP contribution in [0.4, 0.5) is 0 Å². The summed E-state index contributed by atoms with van der Waals surface area (Å²) >= 11 is 0. The highest BCUT2D eigenvalue weighted by atomic mass is 16.8. The minimum absolute atomic E-state index is 0.0387. The van der Waals surface area contributed by atoms with E-state index in [4.69, 9.17) is 18.9 Å². The van der Waals surface area contributed by atoms with E-state index in [0.29, 0.717) is 6.61 Å². The average Bonchev–Trinajstić information content (AvgIpc) is 2.99. The van der Waals surface area contributed by atoms with Gasteiger partial charge in [0.25, 0.3) is 0 Å². The van der Waals surface area contributed by atoms with Crippen molar-refractivity contribution in [3.05, 3.63) is 41.5 Å². The highest BCUT2D eigenvalue weighted by Crippen LogP contribution is 2.39. The first-order valence-corrected chi connectivity index (χ1v) is 7.44. The van der Waals surface area contributed by atoms with Gasteiger partial charge in [0.1, 0.15) is 24.1 Å². The predicted molar refractivity (Wildman–Crippen MR) is 80.6 cm³/mol. The van der Waals surface area contributed by atoms with Gasteiger partial charge in [0.15, 0.2) is 5.79 Å². The number of ether oxygens (including phenoxy) is 4. The lowest BCUT2D eigenvalue weighted by Gasteiger charge is -2.21. The zero-order valence-corrected chi connectivity index (χ0v) is 13.1. The van der Waals surface area contributed by atoms with Crippen LogP contribution in [0.1, 0.15) is 19.4 Å². The zero-order valence-electron chi connectivity index (χ0n) is 13.1. The standard InChI is InChI=1S/C17H22O5/c1-17(2)21-15-12(9-18)8-14(16(15)22-17)20-10-11-4-6-13(19-3)7-5-11/h4-8,14-16,18H,9-10H2,1-3H3/t14-,15+,16-/m0/s1. The summed E-state index contributed by atoms with van der Waals surface area (Å²) in [5.74, 6) is 0.174. The molecule has 3 atom stereocenters. The molecule has 5 heteroatoms. The van der Waals surface area contributed by atoms with Gasteiger partial charge in [-0.05, 0) is 43.2 Å². The van der Waals surface area contributed by atoms with E-state index < -0.39 is 5.79 Å². The maximum absolute atomic E-state index is 9.47. The summed E-state index contributed by atoms with van der Waals surface area (Å²) in [6, 6.07) is 7.75. The Hall–Kier alpha value is -1.40. The molecule has 2 aliphatic rings. The second-order valence-corrected chi connectivity index (χ2v) is 6.04. The maximum Gasteiger partial charge on any atom is 0.164 e. The molecule has 1 heterocycles. The third kappa shape index (κ3) is 3.03. The summed E-state index contributed by atoms with van der Waals surface area (Å²) in [5, 5.41) is 9.47. The summed E-state index contributed by atoms with van der Waals surface area (Å²) in [6.45, 7) is 4.18. The normalized spacial score (nSPS) is 29.3. The van der Waals surface area contributed by atoms with Crippen molar-refractivity contribution in [2.45, 2.75) is 44.6 Å². The van der Waals surface area contributed by atoms with E-state index in [1.54, 1.807) is 7.11 Å². The van der Waals surface area contributed by atoms with Crippen LogP contribution in [-0.4, -0.2) is 42.9 Å². The van der Waals surface area contributed by atoms with Crippen LogP contribution < -0.4 is 4.74 Å². The molecular weight excluding hydrogens is 284 g/mol. The highest BCUT2D eigenvalue weighted by molar-refractivity contribution is 5.28. The number of hydrogen-bond acceptors (Lipinski definition) is 5. The smallest absolute Gasteiger partial charge is 0.164 e. The summed E-state index contributed by atoms with van der Waals surface area (Å²) in [5.41, 5.74) is 1.89. The van der Waals surface area contributed by atoms with Gasteiger partial charge in [-0.25, -0.2) is 0 Å². The first-order valence-electron chi connectivity index (χ1n) is 7.44. The van der Waals surface area contributed by atoms with Crippen LogP contribution in [0.3, 0.4) is 0 Å². The molecule has 1 fully saturated rings. The Bertz CT molecular complexity index is 549. The summed E-state index contributed by atoms with van der Waals surface area (Å²) < 4.78 is 22.9. The van der Waals surface area contributed by atoms with Gasteiger partial charge in [-0.3, -0.25) is 0 Å². The monoisotopic (exact) mass is 306 g/mol. The second kappa shape index (κ2) is 6.01. The fourth-order valence-electron chi connectivity index (χ4n) is 2.92. The van der Waals surface area contributed by atoms with E-state index >= 15 is 0 Å². The van der Waals surface area contributed by atoms with Gasteiger partial charge in [0.2, 0.25) is 0 Å². The van der Waals surface area contributed by atoms with Crippen LogP contribution in [0.2, 0.25) is 0 Å². The third-order valence-corrected chi connectivity index (χ3v) is 3.98. The fraction of sp³-hybridized carbons (Fsp3) is 0.529. The lowest BCUT2D eigenvalue weighted by Crippen LogP contribution is -2.31. The quantitative estimate of drug-likeness (QED) is 0.844. The fourth-order valence-corrected chi connectivity index (χ4v) is 2.92. The lowest BCUT2D eigenvalue weighted by molar-refractivity contribution is -0.157. The van der Waals surface area contributed by atoms with Crippen molar-refractivity contribution in [3.8, 4) is 5.75 Å². The lowest BCUT2D eigenvalue weighted by atomic mass is 10.1. The summed E-state index contributed by atoms with van der Waals surface area (Å²) in [7, 11) is 1.64. The Morgan fingerprint density at radius 1 is 1.18 bits per heavy atom. The predicted octanol–water partition coefficient (Wildman–Crippen LogP) is 2.03. The van der Waals surface area contributed by atoms with Gasteiger partial charge in [-0.2, -0.15) is 0 Å². The molecule has 0 radical (unpaired) electrons. The summed E-state index contributed by atoms with van der Waals surface area (Å²) in [6.07, 6.45) is 1.28. The first kappa shape index (κ1) is 15.5. The molecule has 120 valence electrons. The number of fused-ring (bicyclic) bond motifs is 1. The van der Waals surface area contributed by atoms with Crippen LogP contribution in [0.5, 0.6) is 5.75 Å². The van der Waals surface area contributed by atoms with E-state index in [-0.39, 0.29) is 24.9 Å². The van der Waals surface area contributed by atoms with Crippen molar-refractivity contribution < 1.29 is 24.1 Å². The topological polar surface area (TPSA) is 57.2 Å². The molecule has 1 aromatic carbocycles. The molecule has 0 unspecified atom stereocenters. The van der Waals surface area contributed by atoms with E-state index in [2.05, 4.69) is 0 Å². The Labute approximate surface area is 130 Å². The second-order valence-electron chi connectivity index (χ2n) is 6.04. The van der Waals surface area contributed by atoms with Crippen molar-refractivity contribution in [2.24, 2.45) is 0 Å². The average molecular weight is 306 g/mol. The zero-order chi connectivity index (χ0) is 15.7. The van der Waals surface area contributed by atoms with Gasteiger partial charge in [0, 0.05) is 0 Å². The molecule has 1 saturated heterocycles. The van der Waals surface area contributed by atoms with Crippen molar-refractivity contribution >= 4 is 0 Å². The summed E-state index contributed by atoms with van der Waals surface area (Å²) in [4.78, 5) is 0. The molecule has 1 N–H and O–H groups in total. The number of aliphatic hydroxyl groups excluding tert-OH is 1. The van der Waals surface area contributed by atoms with Gasteiger partial charge in [0.05, 0.1) is 20.3 Å². The minimum Gasteiger partial charge on any atom is -0.497 e. The number of methoxy groups -OCH3 is 1. The molecule has 0 bridgehead atoms. The number of benzene rings is 1. The largest absolute Gasteiger partial charge is 0.497 e.